The first-order valence-corrected chi connectivity index (χ1v) is 9.60. The quantitative estimate of drug-likeness (QED) is 0.706. The van der Waals surface area contributed by atoms with E-state index in [4.69, 9.17) is 5.73 Å². The third-order valence-electron chi connectivity index (χ3n) is 5.59. The van der Waals surface area contributed by atoms with Gasteiger partial charge in [0.1, 0.15) is 11.7 Å². The van der Waals surface area contributed by atoms with Gasteiger partial charge in [0, 0.05) is 42.3 Å². The molecule has 3 N–H and O–H groups in total. The zero-order chi connectivity index (χ0) is 19.1. The van der Waals surface area contributed by atoms with E-state index in [9.17, 15) is 4.79 Å². The number of anilines is 1. The summed E-state index contributed by atoms with van der Waals surface area (Å²) >= 11 is 0. The fourth-order valence-electron chi connectivity index (χ4n) is 4.30. The number of hydrogen-bond acceptors (Lipinski definition) is 6. The van der Waals surface area contributed by atoms with Crippen LogP contribution in [0.4, 0.5) is 5.95 Å². The van der Waals surface area contributed by atoms with Crippen molar-refractivity contribution in [2.75, 3.05) is 12.3 Å². The predicted octanol–water partition coefficient (Wildman–Crippen LogP) is 1.84. The number of H-pyrrole nitrogens is 1. The maximum absolute atomic E-state index is 13.7. The number of pyridine rings is 1. The number of fused-ring (bicyclic) bond motifs is 2. The summed E-state index contributed by atoms with van der Waals surface area (Å²) < 4.78 is 0. The first-order valence-electron chi connectivity index (χ1n) is 9.60. The summed E-state index contributed by atoms with van der Waals surface area (Å²) in [6, 6.07) is 3.56. The Morgan fingerprint density at radius 3 is 2.96 bits per heavy atom. The van der Waals surface area contributed by atoms with Crippen LogP contribution in [-0.4, -0.2) is 42.3 Å². The molecule has 4 heterocycles. The normalized spacial score (nSPS) is 18.4. The second-order valence-corrected chi connectivity index (χ2v) is 7.27. The van der Waals surface area contributed by atoms with Crippen molar-refractivity contribution >= 4 is 11.9 Å². The Hall–Kier alpha value is -3.29. The first-order chi connectivity index (χ1) is 13.7. The monoisotopic (exact) mass is 375 g/mol. The molecule has 28 heavy (non-hydrogen) atoms. The molecule has 1 amide bonds. The van der Waals surface area contributed by atoms with Crippen molar-refractivity contribution < 1.29 is 4.79 Å². The van der Waals surface area contributed by atoms with E-state index < -0.39 is 0 Å². The molecule has 0 saturated carbocycles. The Balaban J connectivity index is 1.60. The van der Waals surface area contributed by atoms with E-state index in [0.29, 0.717) is 12.2 Å². The van der Waals surface area contributed by atoms with Gasteiger partial charge >= 0.3 is 0 Å². The smallest absolute Gasteiger partial charge is 0.273 e. The molecule has 0 radical (unpaired) electrons. The molecule has 2 aliphatic rings. The highest BCUT2D eigenvalue weighted by Gasteiger charge is 2.36. The maximum atomic E-state index is 13.7. The molecule has 8 nitrogen and oxygen atoms in total. The van der Waals surface area contributed by atoms with Crippen LogP contribution < -0.4 is 5.73 Å². The third kappa shape index (κ3) is 2.72. The number of carbonyl (C=O) groups is 1. The third-order valence-corrected chi connectivity index (χ3v) is 5.59. The highest BCUT2D eigenvalue weighted by Crippen LogP contribution is 2.35. The van der Waals surface area contributed by atoms with Gasteiger partial charge < -0.3 is 15.6 Å². The molecule has 1 aliphatic heterocycles. The van der Waals surface area contributed by atoms with Crippen molar-refractivity contribution in [3.05, 3.63) is 64.8 Å². The Kier molecular flexibility index (Phi) is 4.03. The molecular weight excluding hydrogens is 354 g/mol. The number of aryl methyl sites for hydroxylation is 1. The van der Waals surface area contributed by atoms with E-state index >= 15 is 0 Å². The van der Waals surface area contributed by atoms with Gasteiger partial charge in [-0.2, -0.15) is 0 Å². The second kappa shape index (κ2) is 6.70. The van der Waals surface area contributed by atoms with Gasteiger partial charge in [-0.1, -0.05) is 6.07 Å². The minimum atomic E-state index is -0.299. The molecule has 0 spiro atoms. The zero-order valence-corrected chi connectivity index (χ0v) is 15.4. The van der Waals surface area contributed by atoms with Gasteiger partial charge in [-0.3, -0.25) is 9.78 Å². The molecule has 1 atom stereocenters. The van der Waals surface area contributed by atoms with Gasteiger partial charge in [0.05, 0.1) is 12.0 Å². The van der Waals surface area contributed by atoms with Gasteiger partial charge in [0.2, 0.25) is 5.95 Å². The van der Waals surface area contributed by atoms with E-state index in [1.165, 1.54) is 0 Å². The van der Waals surface area contributed by atoms with Crippen LogP contribution in [-0.2, 0) is 19.3 Å². The van der Waals surface area contributed by atoms with E-state index in [-0.39, 0.29) is 17.9 Å². The number of aromatic amines is 1. The molecule has 0 bridgehead atoms. The molecule has 0 fully saturated rings. The van der Waals surface area contributed by atoms with Crippen molar-refractivity contribution in [2.24, 2.45) is 0 Å². The fraction of sp³-hybridized carbons (Fsp3) is 0.350. The molecule has 1 aliphatic carbocycles. The van der Waals surface area contributed by atoms with Gasteiger partial charge in [0.25, 0.3) is 5.91 Å². The SMILES string of the molecule is Nc1nc2c(c(C(=O)N3CCc4[nH]cnc4C3c3cccnc3)n1)CCCC2. The number of amides is 1. The van der Waals surface area contributed by atoms with Crippen LogP contribution in [0.2, 0.25) is 0 Å². The van der Waals surface area contributed by atoms with Crippen LogP contribution in [0, 0.1) is 0 Å². The second-order valence-electron chi connectivity index (χ2n) is 7.27. The molecule has 0 saturated heterocycles. The maximum Gasteiger partial charge on any atom is 0.273 e. The zero-order valence-electron chi connectivity index (χ0n) is 15.4. The summed E-state index contributed by atoms with van der Waals surface area (Å²) in [6.45, 7) is 0.576. The fourth-order valence-corrected chi connectivity index (χ4v) is 4.30. The van der Waals surface area contributed by atoms with E-state index in [1.54, 1.807) is 18.7 Å². The number of nitrogens with two attached hydrogens (primary N) is 1. The van der Waals surface area contributed by atoms with E-state index in [2.05, 4.69) is 24.9 Å². The van der Waals surface area contributed by atoms with Crippen LogP contribution in [0.25, 0.3) is 0 Å². The van der Waals surface area contributed by atoms with Gasteiger partial charge in [-0.15, -0.1) is 0 Å². The van der Waals surface area contributed by atoms with Crippen molar-refractivity contribution in [2.45, 2.75) is 38.1 Å². The van der Waals surface area contributed by atoms with Crippen molar-refractivity contribution in [1.29, 1.82) is 0 Å². The number of rotatable bonds is 2. The summed E-state index contributed by atoms with van der Waals surface area (Å²) in [5, 5.41) is 0. The summed E-state index contributed by atoms with van der Waals surface area (Å²) in [5.41, 5.74) is 11.1. The lowest BCUT2D eigenvalue weighted by molar-refractivity contribution is 0.0682. The average molecular weight is 375 g/mol. The lowest BCUT2D eigenvalue weighted by Crippen LogP contribution is -2.42. The highest BCUT2D eigenvalue weighted by atomic mass is 16.2. The number of carbonyl (C=O) groups excluding carboxylic acids is 1. The van der Waals surface area contributed by atoms with Gasteiger partial charge in [-0.25, -0.2) is 15.0 Å². The van der Waals surface area contributed by atoms with Crippen LogP contribution >= 0.6 is 0 Å². The minimum absolute atomic E-state index is 0.116. The number of imidazole rings is 1. The molecule has 3 aromatic heterocycles. The molecular formula is C20H21N7O. The number of hydrogen-bond donors (Lipinski definition) is 2. The largest absolute Gasteiger partial charge is 0.368 e. The minimum Gasteiger partial charge on any atom is -0.368 e. The summed E-state index contributed by atoms with van der Waals surface area (Å²) in [5.74, 6) is 0.0501. The Bertz CT molecular complexity index is 1030. The van der Waals surface area contributed by atoms with E-state index in [0.717, 1.165) is 60.3 Å². The molecule has 3 aromatic rings. The molecule has 8 heteroatoms. The average Bonchev–Trinajstić information content (AvgIpc) is 3.21. The number of nitrogens with one attached hydrogen (secondary N) is 1. The summed E-state index contributed by atoms with van der Waals surface area (Å²) in [7, 11) is 0. The standard InChI is InChI=1S/C20H21N7O/c21-20-25-14-6-2-1-5-13(14)16(26-20)19(28)27-9-7-15-17(24-11-23-15)18(27)12-4-3-8-22-10-12/h3-4,8,10-11,18H,1-2,5-7,9H2,(H,23,24)(H2,21,25,26). The predicted molar refractivity (Wildman–Crippen MR) is 102 cm³/mol. The van der Waals surface area contributed by atoms with Crippen molar-refractivity contribution in [3.8, 4) is 0 Å². The number of aromatic nitrogens is 5. The van der Waals surface area contributed by atoms with Crippen molar-refractivity contribution in [3.63, 3.8) is 0 Å². The van der Waals surface area contributed by atoms with Crippen LogP contribution in [0.5, 0.6) is 0 Å². The molecule has 0 aromatic carbocycles. The summed E-state index contributed by atoms with van der Waals surface area (Å²) in [4.78, 5) is 36.2. The Morgan fingerprint density at radius 1 is 1.21 bits per heavy atom. The number of nitrogen functional groups attached to an aromatic ring is 1. The van der Waals surface area contributed by atoms with Gasteiger partial charge in [0.15, 0.2) is 0 Å². The Morgan fingerprint density at radius 2 is 2.11 bits per heavy atom. The topological polar surface area (TPSA) is 114 Å². The van der Waals surface area contributed by atoms with E-state index in [1.807, 2.05) is 17.0 Å². The Labute approximate surface area is 162 Å². The molecule has 142 valence electrons. The first kappa shape index (κ1) is 16.9. The summed E-state index contributed by atoms with van der Waals surface area (Å²) in [6.07, 6.45) is 9.69. The van der Waals surface area contributed by atoms with Gasteiger partial charge in [-0.05, 0) is 37.3 Å². The van der Waals surface area contributed by atoms with Crippen molar-refractivity contribution in [1.82, 2.24) is 29.8 Å². The highest BCUT2D eigenvalue weighted by molar-refractivity contribution is 5.95. The van der Waals surface area contributed by atoms with Crippen LogP contribution in [0.1, 0.15) is 57.6 Å². The molecule has 1 unspecified atom stereocenters. The number of nitrogens with zero attached hydrogens (tertiary/aromatic N) is 5. The lowest BCUT2D eigenvalue weighted by atomic mass is 9.92. The van der Waals surface area contributed by atoms with Crippen LogP contribution in [0.3, 0.4) is 0 Å². The van der Waals surface area contributed by atoms with Crippen LogP contribution in [0.15, 0.2) is 30.9 Å². The molecule has 5 rings (SSSR count). The lowest BCUT2D eigenvalue weighted by Gasteiger charge is -2.35.